The normalized spacial score (nSPS) is 26.7. The van der Waals surface area contributed by atoms with Crippen LogP contribution in [0.25, 0.3) is 11.2 Å². The maximum Gasteiger partial charge on any atom is 0.490 e. The number of amides is 1. The maximum atomic E-state index is 13.0. The fourth-order valence-corrected chi connectivity index (χ4v) is 7.62. The third-order valence-corrected chi connectivity index (χ3v) is 9.96. The number of aromatic amines is 1. The predicted molar refractivity (Wildman–Crippen MR) is 141 cm³/mol. The molecular weight excluding hydrogens is 665 g/mol. The molecule has 8 N–H and O–H groups in total. The molecule has 22 nitrogen and oxygen atoms in total. The predicted octanol–water partition coefficient (Wildman–Crippen LogP) is 0.103. The third kappa shape index (κ3) is 7.11. The summed E-state index contributed by atoms with van der Waals surface area (Å²) in [6, 6.07) is 1.60. The van der Waals surface area contributed by atoms with Crippen LogP contribution in [0.1, 0.15) is 11.9 Å². The molecule has 0 aliphatic carbocycles. The van der Waals surface area contributed by atoms with E-state index in [0.29, 0.717) is 11.5 Å². The summed E-state index contributed by atoms with van der Waals surface area (Å²) in [7, 11) is -15.3. The van der Waals surface area contributed by atoms with Crippen LogP contribution in [0.15, 0.2) is 12.4 Å². The molecule has 5 rings (SSSR count). The van der Waals surface area contributed by atoms with Crippen molar-refractivity contribution in [3.8, 4) is 0 Å². The number of hydrogen-bond donors (Lipinski definition) is 7. The number of hydrogen-bond acceptors (Lipinski definition) is 15. The molecule has 2 saturated heterocycles. The number of nitrogen functional groups attached to an aromatic ring is 1. The molecule has 3 aromatic heterocycles. The molecule has 236 valence electrons. The summed E-state index contributed by atoms with van der Waals surface area (Å²) < 4.78 is 67.6. The van der Waals surface area contributed by atoms with E-state index in [1.807, 2.05) is 0 Å². The lowest BCUT2D eigenvalue weighted by molar-refractivity contribution is -0.166. The highest BCUT2D eigenvalue weighted by Crippen LogP contribution is 2.66. The van der Waals surface area contributed by atoms with E-state index in [2.05, 4.69) is 34.0 Å². The van der Waals surface area contributed by atoms with E-state index >= 15 is 0 Å². The van der Waals surface area contributed by atoms with Gasteiger partial charge in [0, 0.05) is 13.1 Å². The van der Waals surface area contributed by atoms with E-state index < -0.39 is 66.8 Å². The Morgan fingerprint density at radius 2 is 1.86 bits per heavy atom. The molecule has 3 aromatic rings. The highest BCUT2D eigenvalue weighted by atomic mass is 32.1. The number of fused-ring (bicyclic) bond motifs is 2. The number of phosphoric ester groups is 1. The van der Waals surface area contributed by atoms with Crippen LogP contribution in [0.4, 0.5) is 11.8 Å². The Labute approximate surface area is 244 Å². The molecule has 7 unspecified atom stereocenters. The van der Waals surface area contributed by atoms with Gasteiger partial charge in [0.1, 0.15) is 35.3 Å². The monoisotopic (exact) mass is 688 g/mol. The summed E-state index contributed by atoms with van der Waals surface area (Å²) in [5, 5.41) is 6.74. The second kappa shape index (κ2) is 11.5. The average Bonchev–Trinajstić information content (AvgIpc) is 3.59. The van der Waals surface area contributed by atoms with Crippen molar-refractivity contribution < 1.29 is 65.4 Å². The SMILES string of the molecule is Cc1cc(NC(=O)C2OC3C(COP(=O)(O)OP(=O)(O)OP(=O)(O)O)OC(n4cnc5c(=S)nc(N)[nH]c54)C3O2)n(C)n1. The van der Waals surface area contributed by atoms with E-state index in [1.165, 1.54) is 15.6 Å². The fourth-order valence-electron chi connectivity index (χ4n) is 4.35. The van der Waals surface area contributed by atoms with Crippen molar-refractivity contribution in [3.63, 3.8) is 0 Å². The molecule has 5 heterocycles. The summed E-state index contributed by atoms with van der Waals surface area (Å²) in [5.41, 5.74) is 6.90. The summed E-state index contributed by atoms with van der Waals surface area (Å²) >= 11 is 5.19. The van der Waals surface area contributed by atoms with Gasteiger partial charge in [-0.15, -0.1) is 0 Å². The first-order chi connectivity index (χ1) is 19.9. The van der Waals surface area contributed by atoms with Gasteiger partial charge in [0.05, 0.1) is 18.6 Å². The standard InChI is InChI=1S/C17H23N8O14P3S/c1-6-3-8(24(2)23-6)20-13(26)16-36-10-7(4-34-41(30,31)39-42(32,33)38-40(27,28)29)35-15(11(10)37-16)25-5-19-9-12(25)21-17(18)22-14(9)43/h3,5,7,10-11,15-16H,4H2,1-2H3,(H,20,26)(H,30,31)(H,32,33)(H2,27,28,29)(H3,18,21,22,43). The summed E-state index contributed by atoms with van der Waals surface area (Å²) in [4.78, 5) is 60.7. The van der Waals surface area contributed by atoms with Crippen molar-refractivity contribution in [2.75, 3.05) is 17.7 Å². The van der Waals surface area contributed by atoms with Crippen molar-refractivity contribution in [2.24, 2.45) is 7.05 Å². The molecule has 43 heavy (non-hydrogen) atoms. The zero-order chi connectivity index (χ0) is 31.5. The largest absolute Gasteiger partial charge is 0.490 e. The number of aryl methyl sites for hydroxylation is 2. The molecule has 2 aliphatic rings. The molecule has 26 heteroatoms. The number of rotatable bonds is 10. The lowest BCUT2D eigenvalue weighted by Crippen LogP contribution is -2.34. The molecule has 0 saturated carbocycles. The van der Waals surface area contributed by atoms with Gasteiger partial charge in [-0.25, -0.2) is 23.7 Å². The van der Waals surface area contributed by atoms with Gasteiger partial charge in [-0.1, -0.05) is 12.2 Å². The number of H-pyrrole nitrogens is 1. The number of carbonyl (C=O) groups excluding carboxylic acids is 1. The molecule has 0 spiro atoms. The lowest BCUT2D eigenvalue weighted by Gasteiger charge is -2.22. The van der Waals surface area contributed by atoms with E-state index in [1.54, 1.807) is 20.0 Å². The van der Waals surface area contributed by atoms with E-state index in [0.717, 1.165) is 0 Å². The Morgan fingerprint density at radius 3 is 2.51 bits per heavy atom. The topological polar surface area (TPSA) is 307 Å². The lowest BCUT2D eigenvalue weighted by atomic mass is 10.1. The van der Waals surface area contributed by atoms with Gasteiger partial charge in [-0.2, -0.15) is 13.7 Å². The van der Waals surface area contributed by atoms with Crippen molar-refractivity contribution >= 4 is 64.5 Å². The van der Waals surface area contributed by atoms with Gasteiger partial charge in [0.15, 0.2) is 16.8 Å². The number of nitrogens with one attached hydrogen (secondary N) is 2. The van der Waals surface area contributed by atoms with E-state index in [9.17, 15) is 28.3 Å². The van der Waals surface area contributed by atoms with Crippen LogP contribution in [-0.2, 0) is 52.9 Å². The average molecular weight is 688 g/mol. The molecular formula is C17H23N8O14P3S. The van der Waals surface area contributed by atoms with E-state index in [4.69, 9.17) is 46.5 Å². The highest BCUT2D eigenvalue weighted by Gasteiger charge is 2.56. The van der Waals surface area contributed by atoms with Crippen LogP contribution >= 0.6 is 35.7 Å². The number of imidazole rings is 1. The van der Waals surface area contributed by atoms with Crippen LogP contribution in [0.3, 0.4) is 0 Å². The first kappa shape index (κ1) is 31.9. The molecule has 0 bridgehead atoms. The van der Waals surface area contributed by atoms with Crippen LogP contribution in [0.5, 0.6) is 0 Å². The number of carbonyl (C=O) groups is 1. The molecule has 0 aromatic carbocycles. The number of nitrogens with zero attached hydrogens (tertiary/aromatic N) is 5. The van der Waals surface area contributed by atoms with Gasteiger partial charge in [0.2, 0.25) is 6.29 Å². The minimum atomic E-state index is -5.77. The van der Waals surface area contributed by atoms with Crippen LogP contribution in [-0.4, -0.2) is 86.0 Å². The Hall–Kier alpha value is -2.46. The second-order valence-electron chi connectivity index (χ2n) is 9.05. The molecule has 7 atom stereocenters. The van der Waals surface area contributed by atoms with Crippen LogP contribution < -0.4 is 11.1 Å². The molecule has 2 fully saturated rings. The van der Waals surface area contributed by atoms with Gasteiger partial charge in [-0.3, -0.25) is 18.6 Å². The number of phosphoric acid groups is 3. The third-order valence-electron chi connectivity index (χ3n) is 5.87. The summed E-state index contributed by atoms with van der Waals surface area (Å²) in [6.45, 7) is 0.835. The Balaban J connectivity index is 1.39. The van der Waals surface area contributed by atoms with Gasteiger partial charge >= 0.3 is 23.5 Å². The molecule has 1 amide bonds. The van der Waals surface area contributed by atoms with Crippen molar-refractivity contribution in [3.05, 3.63) is 22.7 Å². The first-order valence-electron chi connectivity index (χ1n) is 11.7. The van der Waals surface area contributed by atoms with Crippen molar-refractivity contribution in [2.45, 2.75) is 37.8 Å². The molecule has 0 radical (unpaired) electrons. The summed E-state index contributed by atoms with van der Waals surface area (Å²) in [5.74, 6) is -0.448. The van der Waals surface area contributed by atoms with Gasteiger partial charge in [0.25, 0.3) is 5.91 Å². The zero-order valence-corrected chi connectivity index (χ0v) is 25.2. The van der Waals surface area contributed by atoms with Crippen molar-refractivity contribution in [1.29, 1.82) is 0 Å². The quantitative estimate of drug-likeness (QED) is 0.110. The van der Waals surface area contributed by atoms with Crippen molar-refractivity contribution in [1.82, 2.24) is 29.3 Å². The number of anilines is 2. The fraction of sp³-hybridized carbons (Fsp3) is 0.471. The second-order valence-corrected chi connectivity index (χ2v) is 13.9. The minimum absolute atomic E-state index is 0.0506. The van der Waals surface area contributed by atoms with Gasteiger partial charge in [-0.05, 0) is 6.92 Å². The summed E-state index contributed by atoms with van der Waals surface area (Å²) in [6.07, 6.45) is -4.93. The first-order valence-corrected chi connectivity index (χ1v) is 16.6. The number of aromatic nitrogens is 6. The number of nitrogens with two attached hydrogens (primary N) is 1. The van der Waals surface area contributed by atoms with Gasteiger partial charge < -0.3 is 49.8 Å². The maximum absolute atomic E-state index is 13.0. The minimum Gasteiger partial charge on any atom is -0.369 e. The Kier molecular flexibility index (Phi) is 8.53. The zero-order valence-electron chi connectivity index (χ0n) is 21.7. The van der Waals surface area contributed by atoms with E-state index in [-0.39, 0.29) is 21.8 Å². The Morgan fingerprint density at radius 1 is 1.16 bits per heavy atom. The highest BCUT2D eigenvalue weighted by molar-refractivity contribution is 7.71. The van der Waals surface area contributed by atoms with Crippen LogP contribution in [0.2, 0.25) is 0 Å². The molecule has 2 aliphatic heterocycles. The van der Waals surface area contributed by atoms with Crippen LogP contribution in [0, 0.1) is 11.6 Å². The smallest absolute Gasteiger partial charge is 0.369 e. The number of ether oxygens (including phenoxy) is 3. The Bertz CT molecular complexity index is 1770.